The molecule has 0 aliphatic heterocycles. The Morgan fingerprint density at radius 2 is 2.14 bits per heavy atom. The van der Waals surface area contributed by atoms with E-state index in [1.807, 2.05) is 6.92 Å². The Morgan fingerprint density at radius 1 is 1.43 bits per heavy atom. The van der Waals surface area contributed by atoms with Gasteiger partial charge in [0.2, 0.25) is 0 Å². The molecule has 2 aromatic heterocycles. The average Bonchev–Trinajstić information content (AvgIpc) is 2.81. The summed E-state index contributed by atoms with van der Waals surface area (Å²) in [5, 5.41) is 13.0. The highest BCUT2D eigenvalue weighted by Gasteiger charge is 2.23. The molecule has 0 fully saturated rings. The molecule has 0 saturated heterocycles. The van der Waals surface area contributed by atoms with E-state index in [1.165, 1.54) is 17.5 Å². The second-order valence-electron chi connectivity index (χ2n) is 5.83. The van der Waals surface area contributed by atoms with Gasteiger partial charge in [0, 0.05) is 17.2 Å². The minimum atomic E-state index is -0.219. The van der Waals surface area contributed by atoms with Gasteiger partial charge < -0.3 is 10.4 Å². The Balaban J connectivity index is 2.27. The van der Waals surface area contributed by atoms with Gasteiger partial charge in [-0.05, 0) is 13.0 Å². The van der Waals surface area contributed by atoms with Crippen molar-refractivity contribution in [1.29, 1.82) is 0 Å². The van der Waals surface area contributed by atoms with E-state index in [9.17, 15) is 9.90 Å². The molecule has 0 aliphatic rings. The molecule has 1 amide bonds. The predicted molar refractivity (Wildman–Crippen MR) is 83.7 cm³/mol. The van der Waals surface area contributed by atoms with E-state index in [0.717, 1.165) is 10.7 Å². The van der Waals surface area contributed by atoms with Crippen LogP contribution in [0, 0.1) is 6.92 Å². The fraction of sp³-hybridized carbons (Fsp3) is 0.400. The lowest BCUT2D eigenvalue weighted by molar-refractivity contribution is 0.102. The average molecular weight is 305 g/mol. The third-order valence-corrected chi connectivity index (χ3v) is 4.56. The molecular weight excluding hydrogens is 286 g/mol. The zero-order valence-electron chi connectivity index (χ0n) is 12.6. The van der Waals surface area contributed by atoms with E-state index >= 15 is 0 Å². The van der Waals surface area contributed by atoms with Gasteiger partial charge in [-0.1, -0.05) is 20.8 Å². The van der Waals surface area contributed by atoms with Crippen molar-refractivity contribution >= 4 is 22.9 Å². The maximum atomic E-state index is 12.4. The summed E-state index contributed by atoms with van der Waals surface area (Å²) in [4.78, 5) is 21.4. The van der Waals surface area contributed by atoms with Crippen molar-refractivity contribution in [2.24, 2.45) is 0 Å². The maximum Gasteiger partial charge on any atom is 0.267 e. The number of nitrogens with zero attached hydrogens (tertiary/aromatic N) is 2. The van der Waals surface area contributed by atoms with Crippen LogP contribution in [0.5, 0.6) is 0 Å². The van der Waals surface area contributed by atoms with E-state index in [4.69, 9.17) is 0 Å². The lowest BCUT2D eigenvalue weighted by Gasteiger charge is -2.13. The number of carbonyl (C=O) groups is 1. The highest BCUT2D eigenvalue weighted by atomic mass is 32.1. The van der Waals surface area contributed by atoms with Crippen LogP contribution < -0.4 is 5.32 Å². The zero-order valence-corrected chi connectivity index (χ0v) is 13.4. The van der Waals surface area contributed by atoms with Gasteiger partial charge in [-0.15, -0.1) is 11.3 Å². The molecule has 0 radical (unpaired) electrons. The van der Waals surface area contributed by atoms with Crippen molar-refractivity contribution in [2.45, 2.75) is 39.7 Å². The molecule has 5 nitrogen and oxygen atoms in total. The summed E-state index contributed by atoms with van der Waals surface area (Å²) in [6.07, 6.45) is 3.11. The van der Waals surface area contributed by atoms with Crippen molar-refractivity contribution in [3.05, 3.63) is 39.6 Å². The summed E-state index contributed by atoms with van der Waals surface area (Å²) in [5.74, 6) is -0.219. The van der Waals surface area contributed by atoms with Crippen LogP contribution in [0.1, 0.15) is 46.7 Å². The summed E-state index contributed by atoms with van der Waals surface area (Å²) in [7, 11) is 0. The maximum absolute atomic E-state index is 12.4. The second-order valence-corrected chi connectivity index (χ2v) is 6.83. The number of pyridine rings is 1. The Hall–Kier alpha value is -1.79. The number of carbonyl (C=O) groups excluding carboxylic acids is 1. The van der Waals surface area contributed by atoms with Gasteiger partial charge in [-0.3, -0.25) is 9.78 Å². The van der Waals surface area contributed by atoms with Crippen molar-refractivity contribution in [1.82, 2.24) is 9.97 Å². The molecule has 0 atom stereocenters. The smallest absolute Gasteiger partial charge is 0.267 e. The molecular formula is C15H19N3O2S. The number of amides is 1. The fourth-order valence-corrected chi connectivity index (χ4v) is 2.80. The van der Waals surface area contributed by atoms with Crippen LogP contribution in [0.4, 0.5) is 5.69 Å². The molecule has 2 N–H and O–H groups in total. The largest absolute Gasteiger partial charge is 0.392 e. The van der Waals surface area contributed by atoms with Gasteiger partial charge in [0.25, 0.3) is 5.91 Å². The first-order valence-electron chi connectivity index (χ1n) is 6.66. The third kappa shape index (κ3) is 3.46. The summed E-state index contributed by atoms with van der Waals surface area (Å²) < 4.78 is 0. The zero-order chi connectivity index (χ0) is 15.6. The second kappa shape index (κ2) is 5.91. The van der Waals surface area contributed by atoms with Crippen molar-refractivity contribution < 1.29 is 9.90 Å². The number of aryl methyl sites for hydroxylation is 1. The van der Waals surface area contributed by atoms with Gasteiger partial charge >= 0.3 is 0 Å². The van der Waals surface area contributed by atoms with E-state index < -0.39 is 0 Å². The van der Waals surface area contributed by atoms with Gasteiger partial charge in [-0.2, -0.15) is 0 Å². The van der Waals surface area contributed by atoms with Crippen LogP contribution in [0.15, 0.2) is 18.5 Å². The lowest BCUT2D eigenvalue weighted by atomic mass is 9.98. The van der Waals surface area contributed by atoms with E-state index in [-0.39, 0.29) is 17.9 Å². The van der Waals surface area contributed by atoms with Gasteiger partial charge in [0.05, 0.1) is 29.2 Å². The number of nitrogens with one attached hydrogen (secondary N) is 1. The molecule has 2 heterocycles. The number of thiazole rings is 1. The molecule has 21 heavy (non-hydrogen) atoms. The highest BCUT2D eigenvalue weighted by Crippen LogP contribution is 2.29. The van der Waals surface area contributed by atoms with E-state index in [1.54, 1.807) is 12.3 Å². The highest BCUT2D eigenvalue weighted by molar-refractivity contribution is 7.14. The standard InChI is InChI=1S/C15H19N3O2S/c1-9-12(21-14(17-9)15(2,3)4)13(20)18-11-7-16-6-5-10(11)8-19/h5-7,19H,8H2,1-4H3,(H,18,20). The Kier molecular flexibility index (Phi) is 4.39. The molecule has 0 spiro atoms. The predicted octanol–water partition coefficient (Wildman–Crippen LogP) is 2.89. The fourth-order valence-electron chi connectivity index (χ4n) is 1.78. The Bertz CT molecular complexity index is 659. The van der Waals surface area contributed by atoms with Crippen molar-refractivity contribution in [3.8, 4) is 0 Å². The number of hydrogen-bond acceptors (Lipinski definition) is 5. The molecule has 0 unspecified atom stereocenters. The van der Waals surface area contributed by atoms with Crippen LogP contribution >= 0.6 is 11.3 Å². The topological polar surface area (TPSA) is 75.1 Å². The van der Waals surface area contributed by atoms with E-state index in [0.29, 0.717) is 16.1 Å². The molecule has 0 bridgehead atoms. The van der Waals surface area contributed by atoms with E-state index in [2.05, 4.69) is 36.1 Å². The minimum Gasteiger partial charge on any atom is -0.392 e. The molecule has 112 valence electrons. The monoisotopic (exact) mass is 305 g/mol. The molecule has 6 heteroatoms. The lowest BCUT2D eigenvalue weighted by Crippen LogP contribution is -2.13. The van der Waals surface area contributed by atoms with Crippen LogP contribution in [-0.4, -0.2) is 21.0 Å². The molecule has 0 saturated carbocycles. The molecule has 0 aliphatic carbocycles. The van der Waals surface area contributed by atoms with Crippen LogP contribution in [0.25, 0.3) is 0 Å². The van der Waals surface area contributed by atoms with Crippen molar-refractivity contribution in [2.75, 3.05) is 5.32 Å². The Labute approximate surface area is 128 Å². The Morgan fingerprint density at radius 3 is 2.71 bits per heavy atom. The summed E-state index contributed by atoms with van der Waals surface area (Å²) in [6, 6.07) is 1.68. The van der Waals surface area contributed by atoms with Crippen LogP contribution in [0.3, 0.4) is 0 Å². The molecule has 2 aromatic rings. The van der Waals surface area contributed by atoms with Crippen molar-refractivity contribution in [3.63, 3.8) is 0 Å². The first-order chi connectivity index (χ1) is 9.82. The molecule has 0 aromatic carbocycles. The van der Waals surface area contributed by atoms with Crippen LogP contribution in [0.2, 0.25) is 0 Å². The number of aliphatic hydroxyl groups excluding tert-OH is 1. The quantitative estimate of drug-likeness (QED) is 0.914. The first-order valence-corrected chi connectivity index (χ1v) is 7.47. The number of aliphatic hydroxyl groups is 1. The third-order valence-electron chi connectivity index (χ3n) is 2.97. The number of rotatable bonds is 3. The summed E-state index contributed by atoms with van der Waals surface area (Å²) in [5.41, 5.74) is 1.79. The number of hydrogen-bond donors (Lipinski definition) is 2. The summed E-state index contributed by atoms with van der Waals surface area (Å²) in [6.45, 7) is 7.89. The number of aromatic nitrogens is 2. The van der Waals surface area contributed by atoms with Gasteiger partial charge in [0.1, 0.15) is 4.88 Å². The normalized spacial score (nSPS) is 11.5. The van der Waals surface area contributed by atoms with Gasteiger partial charge in [-0.25, -0.2) is 4.98 Å². The summed E-state index contributed by atoms with van der Waals surface area (Å²) >= 11 is 1.40. The minimum absolute atomic E-state index is 0.0848. The first kappa shape index (κ1) is 15.6. The van der Waals surface area contributed by atoms with Gasteiger partial charge in [0.15, 0.2) is 0 Å². The van der Waals surface area contributed by atoms with Crippen LogP contribution in [-0.2, 0) is 12.0 Å². The SMILES string of the molecule is Cc1nc(C(C)(C)C)sc1C(=O)Nc1cnccc1CO. The molecule has 2 rings (SSSR count). The number of anilines is 1.